The molecule has 12 heteroatoms. The average Bonchev–Trinajstić information content (AvgIpc) is 3.17. The highest BCUT2D eigenvalue weighted by molar-refractivity contribution is 5.90. The predicted octanol–water partition coefficient (Wildman–Crippen LogP) is 5.82. The SMILES string of the molecule is CCCC[C@@H](CO)Nc1nc(N(Cc2ccc(OC)cc2)Cc2ccc(OC)cc2)nc2ccn(Cc3ccc(C(=O)OC)cc3OC)c(=O)c12. The summed E-state index contributed by atoms with van der Waals surface area (Å²) in [7, 11) is 6.09. The van der Waals surface area contributed by atoms with Crippen LogP contribution in [-0.2, 0) is 24.4 Å². The maximum absolute atomic E-state index is 14.3. The zero-order valence-electron chi connectivity index (χ0n) is 29.7. The molecule has 0 spiro atoms. The smallest absolute Gasteiger partial charge is 0.337 e. The standard InChI is InChI=1S/C39H45N5O7/c1-6-7-8-30(25-45)40-36-35-33(19-20-43(37(35)46)24-29-14-13-28(38(47)51-5)21-34(29)50-4)41-39(42-36)44(22-26-9-15-31(48-2)16-10-26)23-27-11-17-32(49-3)18-12-27/h9-21,30,45H,6-8,22-25H2,1-5H3,(H,40,41,42)/t30-/m0/s1. The summed E-state index contributed by atoms with van der Waals surface area (Å²) in [6, 6.07) is 22.1. The van der Waals surface area contributed by atoms with Crippen molar-refractivity contribution in [2.75, 3.05) is 45.3 Å². The Kier molecular flexibility index (Phi) is 12.5. The van der Waals surface area contributed by atoms with Gasteiger partial charge in [-0.3, -0.25) is 4.79 Å². The number of hydrogen-bond donors (Lipinski definition) is 2. The van der Waals surface area contributed by atoms with Crippen molar-refractivity contribution in [3.8, 4) is 17.2 Å². The minimum Gasteiger partial charge on any atom is -0.497 e. The summed E-state index contributed by atoms with van der Waals surface area (Å²) in [4.78, 5) is 38.4. The van der Waals surface area contributed by atoms with Crippen molar-refractivity contribution < 1.29 is 28.8 Å². The maximum Gasteiger partial charge on any atom is 0.337 e. The Morgan fingerprint density at radius 2 is 1.53 bits per heavy atom. The second-order valence-corrected chi connectivity index (χ2v) is 12.1. The topological polar surface area (TPSA) is 137 Å². The summed E-state index contributed by atoms with van der Waals surface area (Å²) < 4.78 is 22.7. The molecule has 0 radical (unpaired) electrons. The number of methoxy groups -OCH3 is 4. The van der Waals surface area contributed by atoms with Gasteiger partial charge in [-0.15, -0.1) is 0 Å². The van der Waals surface area contributed by atoms with Gasteiger partial charge >= 0.3 is 5.97 Å². The summed E-state index contributed by atoms with van der Waals surface area (Å²) >= 11 is 0. The molecule has 2 aromatic heterocycles. The van der Waals surface area contributed by atoms with E-state index in [1.165, 1.54) is 14.2 Å². The number of anilines is 2. The Balaban J connectivity index is 1.61. The molecule has 0 aliphatic heterocycles. The van der Waals surface area contributed by atoms with Gasteiger partial charge in [-0.2, -0.15) is 4.98 Å². The summed E-state index contributed by atoms with van der Waals surface area (Å²) in [5.74, 6) is 2.23. The Labute approximate surface area is 297 Å². The van der Waals surface area contributed by atoms with Gasteiger partial charge in [-0.05, 0) is 60.0 Å². The number of carbonyl (C=O) groups is 1. The molecule has 0 saturated carbocycles. The first kappa shape index (κ1) is 36.7. The maximum atomic E-state index is 14.3. The normalized spacial score (nSPS) is 11.6. The van der Waals surface area contributed by atoms with Crippen LogP contribution in [0.3, 0.4) is 0 Å². The van der Waals surface area contributed by atoms with E-state index in [0.29, 0.717) is 59.1 Å². The van der Waals surface area contributed by atoms with Crippen LogP contribution in [0.1, 0.15) is 53.2 Å². The van der Waals surface area contributed by atoms with Crippen molar-refractivity contribution in [3.05, 3.63) is 112 Å². The fourth-order valence-electron chi connectivity index (χ4n) is 5.80. The number of pyridine rings is 1. The lowest BCUT2D eigenvalue weighted by Crippen LogP contribution is -2.29. The molecule has 268 valence electrons. The van der Waals surface area contributed by atoms with Crippen LogP contribution in [0, 0.1) is 0 Å². The Morgan fingerprint density at radius 3 is 2.08 bits per heavy atom. The average molecular weight is 696 g/mol. The van der Waals surface area contributed by atoms with Gasteiger partial charge in [0.15, 0.2) is 0 Å². The van der Waals surface area contributed by atoms with E-state index in [4.69, 9.17) is 28.9 Å². The fraction of sp³-hybridized carbons (Fsp3) is 0.333. The minimum atomic E-state index is -0.485. The highest BCUT2D eigenvalue weighted by Crippen LogP contribution is 2.27. The first-order valence-electron chi connectivity index (χ1n) is 16.8. The number of aromatic nitrogens is 3. The van der Waals surface area contributed by atoms with Gasteiger partial charge in [0.05, 0.1) is 58.7 Å². The molecule has 0 fully saturated rings. The van der Waals surface area contributed by atoms with Gasteiger partial charge in [0, 0.05) is 24.8 Å². The van der Waals surface area contributed by atoms with Gasteiger partial charge in [0.2, 0.25) is 5.95 Å². The van der Waals surface area contributed by atoms with Crippen LogP contribution in [0.2, 0.25) is 0 Å². The molecular weight excluding hydrogens is 650 g/mol. The third-order valence-electron chi connectivity index (χ3n) is 8.68. The number of hydrogen-bond acceptors (Lipinski definition) is 11. The molecule has 12 nitrogen and oxygen atoms in total. The van der Waals surface area contributed by atoms with Crippen LogP contribution in [0.15, 0.2) is 83.8 Å². The Bertz CT molecular complexity index is 1930. The highest BCUT2D eigenvalue weighted by atomic mass is 16.5. The number of rotatable bonds is 17. The van der Waals surface area contributed by atoms with E-state index in [2.05, 4.69) is 12.2 Å². The van der Waals surface area contributed by atoms with Crippen molar-refractivity contribution in [3.63, 3.8) is 0 Å². The fourth-order valence-corrected chi connectivity index (χ4v) is 5.80. The first-order valence-corrected chi connectivity index (χ1v) is 16.8. The van der Waals surface area contributed by atoms with E-state index in [9.17, 15) is 14.7 Å². The molecule has 0 bridgehead atoms. The van der Waals surface area contributed by atoms with Crippen molar-refractivity contribution in [2.45, 2.75) is 51.9 Å². The second kappa shape index (κ2) is 17.3. The predicted molar refractivity (Wildman–Crippen MR) is 197 cm³/mol. The highest BCUT2D eigenvalue weighted by Gasteiger charge is 2.21. The number of esters is 1. The quantitative estimate of drug-likeness (QED) is 0.114. The first-order chi connectivity index (χ1) is 24.8. The van der Waals surface area contributed by atoms with Crippen LogP contribution < -0.4 is 30.0 Å². The third kappa shape index (κ3) is 8.95. The third-order valence-corrected chi connectivity index (χ3v) is 8.68. The largest absolute Gasteiger partial charge is 0.497 e. The molecule has 0 aliphatic carbocycles. The second-order valence-electron chi connectivity index (χ2n) is 12.1. The number of fused-ring (bicyclic) bond motifs is 1. The number of nitrogens with zero attached hydrogens (tertiary/aromatic N) is 4. The minimum absolute atomic E-state index is 0.132. The van der Waals surface area contributed by atoms with Gasteiger partial charge < -0.3 is 38.8 Å². The van der Waals surface area contributed by atoms with Gasteiger partial charge in [0.1, 0.15) is 28.5 Å². The Morgan fingerprint density at radius 1 is 0.882 bits per heavy atom. The molecule has 3 aromatic carbocycles. The molecule has 5 rings (SSSR count). The molecular formula is C39H45N5O7. The molecule has 0 saturated heterocycles. The number of ether oxygens (including phenoxy) is 4. The molecule has 1 atom stereocenters. The van der Waals surface area contributed by atoms with Gasteiger partial charge in [0.25, 0.3) is 5.56 Å². The number of carbonyl (C=O) groups excluding carboxylic acids is 1. The van der Waals surface area contributed by atoms with E-state index >= 15 is 0 Å². The molecule has 5 aromatic rings. The van der Waals surface area contributed by atoms with Crippen molar-refractivity contribution in [1.82, 2.24) is 14.5 Å². The van der Waals surface area contributed by atoms with E-state index < -0.39 is 5.97 Å². The molecule has 0 amide bonds. The van der Waals surface area contributed by atoms with Crippen molar-refractivity contribution in [1.29, 1.82) is 0 Å². The Hall–Kier alpha value is -5.62. The zero-order chi connectivity index (χ0) is 36.3. The molecule has 0 aliphatic rings. The van der Waals surface area contributed by atoms with Crippen molar-refractivity contribution >= 4 is 28.6 Å². The van der Waals surface area contributed by atoms with Crippen LogP contribution in [0.4, 0.5) is 11.8 Å². The van der Waals surface area contributed by atoms with Crippen molar-refractivity contribution in [2.24, 2.45) is 0 Å². The number of nitrogens with one attached hydrogen (secondary N) is 1. The lowest BCUT2D eigenvalue weighted by atomic mass is 10.1. The van der Waals surface area contributed by atoms with Gasteiger partial charge in [-0.1, -0.05) is 50.1 Å². The summed E-state index contributed by atoms with van der Waals surface area (Å²) in [5.41, 5.74) is 3.21. The van der Waals surface area contributed by atoms with Crippen LogP contribution >= 0.6 is 0 Å². The van der Waals surface area contributed by atoms with E-state index in [-0.39, 0.29) is 24.8 Å². The molecule has 51 heavy (non-hydrogen) atoms. The summed E-state index contributed by atoms with van der Waals surface area (Å²) in [5, 5.41) is 14.0. The monoisotopic (exact) mass is 695 g/mol. The van der Waals surface area contributed by atoms with Crippen LogP contribution in [-0.4, -0.2) is 66.7 Å². The number of unbranched alkanes of at least 4 members (excludes halogenated alkanes) is 1. The molecule has 0 unspecified atom stereocenters. The van der Waals surface area contributed by atoms with Crippen LogP contribution in [0.25, 0.3) is 10.9 Å². The summed E-state index contributed by atoms with van der Waals surface area (Å²) in [6.45, 7) is 3.07. The molecule has 2 N–H and O–H groups in total. The van der Waals surface area contributed by atoms with Gasteiger partial charge in [-0.25, -0.2) is 9.78 Å². The molecule has 2 heterocycles. The lowest BCUT2D eigenvalue weighted by molar-refractivity contribution is 0.0600. The summed E-state index contributed by atoms with van der Waals surface area (Å²) in [6.07, 6.45) is 4.23. The van der Waals surface area contributed by atoms with E-state index in [0.717, 1.165) is 35.5 Å². The lowest BCUT2D eigenvalue weighted by Gasteiger charge is -2.25. The van der Waals surface area contributed by atoms with E-state index in [1.54, 1.807) is 49.2 Å². The number of benzene rings is 3. The van der Waals surface area contributed by atoms with Crippen LogP contribution in [0.5, 0.6) is 17.2 Å². The zero-order valence-corrected chi connectivity index (χ0v) is 29.7. The number of aliphatic hydroxyl groups is 1. The number of aliphatic hydroxyl groups excluding tert-OH is 1. The van der Waals surface area contributed by atoms with E-state index in [1.807, 2.05) is 53.4 Å².